The summed E-state index contributed by atoms with van der Waals surface area (Å²) in [5.41, 5.74) is 0.664. The van der Waals surface area contributed by atoms with Crippen LogP contribution in [0.3, 0.4) is 0 Å². The molecule has 1 unspecified atom stereocenters. The minimum atomic E-state index is -3.39. The first-order valence-electron chi connectivity index (χ1n) is 9.11. The molecule has 156 valence electrons. The molecular weight excluding hydrogens is 420 g/mol. The Bertz CT molecular complexity index is 1010. The van der Waals surface area contributed by atoms with Gasteiger partial charge >= 0.3 is 0 Å². The molecule has 0 aliphatic heterocycles. The van der Waals surface area contributed by atoms with Gasteiger partial charge in [-0.3, -0.25) is 10.1 Å². The van der Waals surface area contributed by atoms with E-state index in [9.17, 15) is 22.0 Å². The minimum Gasteiger partial charge on any atom is -0.297 e. The summed E-state index contributed by atoms with van der Waals surface area (Å²) in [6.45, 7) is 1.89. The van der Waals surface area contributed by atoms with Gasteiger partial charge in [-0.25, -0.2) is 22.2 Å². The number of anilines is 1. The molecular formula is C19H21F2N3O3S2. The molecule has 1 N–H and O–H groups in total. The predicted octanol–water partition coefficient (Wildman–Crippen LogP) is 3.61. The summed E-state index contributed by atoms with van der Waals surface area (Å²) in [5.74, 6) is -0.325. The highest BCUT2D eigenvalue weighted by molar-refractivity contribution is 7.90. The fourth-order valence-corrected chi connectivity index (χ4v) is 4.42. The van der Waals surface area contributed by atoms with Crippen LogP contribution < -0.4 is 5.32 Å². The zero-order valence-electron chi connectivity index (χ0n) is 15.9. The number of halogens is 2. The molecule has 1 heterocycles. The molecule has 1 aliphatic rings. The number of aryl methyl sites for hydroxylation is 1. The van der Waals surface area contributed by atoms with Crippen LogP contribution in [0.25, 0.3) is 5.57 Å². The van der Waals surface area contributed by atoms with E-state index < -0.39 is 34.0 Å². The van der Waals surface area contributed by atoms with Gasteiger partial charge in [-0.2, -0.15) is 4.37 Å². The normalized spacial score (nSPS) is 22.6. The number of allylic oxidation sites excluding steroid dienone is 1. The molecule has 10 heteroatoms. The molecule has 1 aromatic carbocycles. The summed E-state index contributed by atoms with van der Waals surface area (Å²) in [6.07, 6.45) is 0.162. The highest BCUT2D eigenvalue weighted by atomic mass is 32.2. The molecule has 0 saturated heterocycles. The number of carbonyl (C=O) groups excluding carboxylic acids is 1. The molecule has 0 spiro atoms. The number of nitrogens with one attached hydrogen (secondary N) is 1. The molecule has 0 radical (unpaired) electrons. The van der Waals surface area contributed by atoms with Gasteiger partial charge in [0, 0.05) is 29.8 Å². The Hall–Kier alpha value is -2.20. The van der Waals surface area contributed by atoms with Gasteiger partial charge in [-0.1, -0.05) is 25.1 Å². The second-order valence-corrected chi connectivity index (χ2v) is 9.73. The number of benzene rings is 1. The van der Waals surface area contributed by atoms with Gasteiger partial charge in [-0.05, 0) is 36.5 Å². The molecule has 3 atom stereocenters. The van der Waals surface area contributed by atoms with E-state index in [4.69, 9.17) is 0 Å². The number of amides is 1. The molecule has 2 aromatic rings. The van der Waals surface area contributed by atoms with Crippen LogP contribution in [0.4, 0.5) is 13.9 Å². The van der Waals surface area contributed by atoms with Crippen LogP contribution in [0.5, 0.6) is 0 Å². The van der Waals surface area contributed by atoms with Gasteiger partial charge in [0.15, 0.2) is 9.84 Å². The van der Waals surface area contributed by atoms with E-state index >= 15 is 0 Å². The third-order valence-corrected chi connectivity index (χ3v) is 6.49. The Morgan fingerprint density at radius 1 is 1.24 bits per heavy atom. The first-order chi connectivity index (χ1) is 13.7. The van der Waals surface area contributed by atoms with Crippen molar-refractivity contribution >= 4 is 38.0 Å². The number of alkyl halides is 2. The van der Waals surface area contributed by atoms with Crippen LogP contribution in [0, 0.1) is 5.92 Å². The molecule has 6 nitrogen and oxygen atoms in total. The zero-order chi connectivity index (χ0) is 21.2. The number of aromatic nitrogens is 2. The number of carbonyl (C=O) groups is 1. The Morgan fingerprint density at radius 3 is 2.38 bits per heavy atom. The molecule has 29 heavy (non-hydrogen) atoms. The number of hydrogen-bond acceptors (Lipinski definition) is 6. The van der Waals surface area contributed by atoms with Gasteiger partial charge in [-0.15, -0.1) is 0 Å². The van der Waals surface area contributed by atoms with E-state index in [-0.39, 0.29) is 23.3 Å². The summed E-state index contributed by atoms with van der Waals surface area (Å²) in [6, 6.07) is 5.81. The summed E-state index contributed by atoms with van der Waals surface area (Å²) >= 11 is 1.04. The average molecular weight is 442 g/mol. The lowest BCUT2D eigenvalue weighted by molar-refractivity contribution is -0.111. The third-order valence-electron chi connectivity index (χ3n) is 4.69. The fraction of sp³-hybridized carbons (Fsp3) is 0.421. The first kappa shape index (κ1) is 21.5. The van der Waals surface area contributed by atoms with Gasteiger partial charge in [0.2, 0.25) is 5.13 Å². The second-order valence-electron chi connectivity index (χ2n) is 6.96. The SMILES string of the molecule is CCc1nsc(NC(=O)C(=CC2C[C@@H](F)[C@@H](F)C2)c2ccc(S(C)(=O)=O)cc2)n1. The monoisotopic (exact) mass is 441 g/mol. The van der Waals surface area contributed by atoms with Crippen molar-refractivity contribution in [1.29, 1.82) is 0 Å². The Labute approximate surface area is 172 Å². The van der Waals surface area contributed by atoms with Crippen molar-refractivity contribution in [2.24, 2.45) is 5.92 Å². The van der Waals surface area contributed by atoms with E-state index in [0.717, 1.165) is 17.8 Å². The van der Waals surface area contributed by atoms with E-state index in [1.807, 2.05) is 6.92 Å². The lowest BCUT2D eigenvalue weighted by atomic mass is 9.98. The van der Waals surface area contributed by atoms with Crippen molar-refractivity contribution in [2.45, 2.75) is 43.4 Å². The van der Waals surface area contributed by atoms with Crippen molar-refractivity contribution in [3.8, 4) is 0 Å². The van der Waals surface area contributed by atoms with Gasteiger partial charge < -0.3 is 0 Å². The number of rotatable bonds is 6. The minimum absolute atomic E-state index is 0.00183. The molecule has 3 rings (SSSR count). The van der Waals surface area contributed by atoms with Crippen LogP contribution >= 0.6 is 11.5 Å². The highest BCUT2D eigenvalue weighted by Crippen LogP contribution is 2.34. The second kappa shape index (κ2) is 8.66. The number of nitrogens with zero attached hydrogens (tertiary/aromatic N) is 2. The maximum atomic E-state index is 13.6. The van der Waals surface area contributed by atoms with E-state index in [2.05, 4.69) is 14.7 Å². The van der Waals surface area contributed by atoms with Crippen molar-refractivity contribution in [2.75, 3.05) is 11.6 Å². The molecule has 1 amide bonds. The van der Waals surface area contributed by atoms with Crippen molar-refractivity contribution < 1.29 is 22.0 Å². The van der Waals surface area contributed by atoms with Crippen molar-refractivity contribution in [3.05, 3.63) is 41.7 Å². The fourth-order valence-electron chi connectivity index (χ4n) is 3.14. The standard InChI is InChI=1S/C19H21F2N3O3S2/c1-3-17-22-19(28-24-17)23-18(25)14(8-11-9-15(20)16(21)10-11)12-4-6-13(7-5-12)29(2,26)27/h4-8,11,15-16H,3,9-10H2,1-2H3,(H,22,23,24,25)/t11?,15-,16+. The first-order valence-corrected chi connectivity index (χ1v) is 11.8. The maximum absolute atomic E-state index is 13.6. The van der Waals surface area contributed by atoms with E-state index in [1.54, 1.807) is 6.08 Å². The average Bonchev–Trinajstić information content (AvgIpc) is 3.25. The van der Waals surface area contributed by atoms with E-state index in [1.165, 1.54) is 24.3 Å². The highest BCUT2D eigenvalue weighted by Gasteiger charge is 2.34. The predicted molar refractivity (Wildman–Crippen MR) is 108 cm³/mol. The number of sulfone groups is 1. The molecule has 0 bridgehead atoms. The smallest absolute Gasteiger partial charge is 0.257 e. The quantitative estimate of drug-likeness (QED) is 0.692. The van der Waals surface area contributed by atoms with Crippen LogP contribution in [-0.2, 0) is 21.1 Å². The third kappa shape index (κ3) is 5.24. The number of hydrogen-bond donors (Lipinski definition) is 1. The lowest BCUT2D eigenvalue weighted by Crippen LogP contribution is -2.15. The maximum Gasteiger partial charge on any atom is 0.257 e. The van der Waals surface area contributed by atoms with Crippen LogP contribution in [-0.4, -0.2) is 42.3 Å². The summed E-state index contributed by atoms with van der Waals surface area (Å²) in [5, 5.41) is 2.99. The van der Waals surface area contributed by atoms with Gasteiger partial charge in [0.05, 0.1) is 4.90 Å². The van der Waals surface area contributed by atoms with Crippen molar-refractivity contribution in [3.63, 3.8) is 0 Å². The largest absolute Gasteiger partial charge is 0.297 e. The molecule has 1 saturated carbocycles. The van der Waals surface area contributed by atoms with Crippen molar-refractivity contribution in [1.82, 2.24) is 9.36 Å². The molecule has 1 fully saturated rings. The molecule has 1 aliphatic carbocycles. The zero-order valence-corrected chi connectivity index (χ0v) is 17.6. The summed E-state index contributed by atoms with van der Waals surface area (Å²) in [7, 11) is -3.39. The van der Waals surface area contributed by atoms with E-state index in [0.29, 0.717) is 22.9 Å². The van der Waals surface area contributed by atoms with Crippen LogP contribution in [0.2, 0.25) is 0 Å². The molecule has 1 aromatic heterocycles. The lowest BCUT2D eigenvalue weighted by Gasteiger charge is -2.11. The van der Waals surface area contributed by atoms with Crippen LogP contribution in [0.15, 0.2) is 35.2 Å². The van der Waals surface area contributed by atoms with Gasteiger partial charge in [0.25, 0.3) is 5.91 Å². The summed E-state index contributed by atoms with van der Waals surface area (Å²) < 4.78 is 54.7. The van der Waals surface area contributed by atoms with Gasteiger partial charge in [0.1, 0.15) is 18.2 Å². The Morgan fingerprint density at radius 2 is 1.86 bits per heavy atom. The van der Waals surface area contributed by atoms with Crippen LogP contribution in [0.1, 0.15) is 31.2 Å². The Balaban J connectivity index is 1.91. The summed E-state index contributed by atoms with van der Waals surface area (Å²) in [4.78, 5) is 17.2. The Kier molecular flexibility index (Phi) is 6.42. The topological polar surface area (TPSA) is 89.0 Å².